The number of hydrogen-bond donors (Lipinski definition) is 2. The molecule has 1 heterocycles. The summed E-state index contributed by atoms with van der Waals surface area (Å²) in [6.45, 7) is 2.71. The van der Waals surface area contributed by atoms with E-state index >= 15 is 0 Å². The van der Waals surface area contributed by atoms with Gasteiger partial charge in [0.2, 0.25) is 5.91 Å². The van der Waals surface area contributed by atoms with E-state index in [1.165, 1.54) is 12.8 Å². The predicted octanol–water partition coefficient (Wildman–Crippen LogP) is 2.25. The van der Waals surface area contributed by atoms with Crippen LogP contribution in [0.15, 0.2) is 41.5 Å². The molecule has 0 atom stereocenters. The Kier molecular flexibility index (Phi) is 6.68. The molecular formula is C21H30N6O. The lowest BCUT2D eigenvalue weighted by molar-refractivity contribution is -0.127. The van der Waals surface area contributed by atoms with Crippen LogP contribution < -0.4 is 10.6 Å². The van der Waals surface area contributed by atoms with Gasteiger partial charge in [0.05, 0.1) is 24.5 Å². The van der Waals surface area contributed by atoms with Crippen LogP contribution in [0.4, 0.5) is 0 Å². The first-order chi connectivity index (χ1) is 13.5. The van der Waals surface area contributed by atoms with Crippen molar-refractivity contribution in [3.05, 3.63) is 47.8 Å². The van der Waals surface area contributed by atoms with Crippen molar-refractivity contribution in [2.45, 2.75) is 45.2 Å². The lowest BCUT2D eigenvalue weighted by Crippen LogP contribution is -2.46. The Morgan fingerprint density at radius 2 is 2.00 bits per heavy atom. The van der Waals surface area contributed by atoms with Crippen LogP contribution in [0.25, 0.3) is 5.69 Å². The number of carbonyl (C=O) groups excluding carboxylic acids is 1. The fourth-order valence-electron chi connectivity index (χ4n) is 3.32. The summed E-state index contributed by atoms with van der Waals surface area (Å²) >= 11 is 0. The molecule has 0 saturated heterocycles. The highest BCUT2D eigenvalue weighted by Gasteiger charge is 2.17. The highest BCUT2D eigenvalue weighted by atomic mass is 16.2. The van der Waals surface area contributed by atoms with Crippen LogP contribution in [-0.2, 0) is 11.3 Å². The fourth-order valence-corrected chi connectivity index (χ4v) is 3.32. The maximum absolute atomic E-state index is 12.0. The van der Waals surface area contributed by atoms with Gasteiger partial charge in [-0.15, -0.1) is 0 Å². The largest absolute Gasteiger partial charge is 0.354 e. The van der Waals surface area contributed by atoms with Gasteiger partial charge in [-0.1, -0.05) is 31.0 Å². The minimum Gasteiger partial charge on any atom is -0.354 e. The van der Waals surface area contributed by atoms with Gasteiger partial charge in [0.25, 0.3) is 0 Å². The van der Waals surface area contributed by atoms with Crippen molar-refractivity contribution < 1.29 is 4.79 Å². The van der Waals surface area contributed by atoms with E-state index in [1.807, 2.05) is 42.1 Å². The molecule has 2 N–H and O–H groups in total. The molecule has 0 radical (unpaired) electrons. The van der Waals surface area contributed by atoms with Crippen LogP contribution in [0, 0.1) is 6.92 Å². The zero-order valence-corrected chi connectivity index (χ0v) is 17.0. The van der Waals surface area contributed by atoms with Crippen LogP contribution in [0.3, 0.4) is 0 Å². The molecule has 0 aliphatic heterocycles. The molecule has 7 nitrogen and oxygen atoms in total. The van der Waals surface area contributed by atoms with Gasteiger partial charge in [-0.25, -0.2) is 9.67 Å². The molecule has 1 aliphatic rings. The van der Waals surface area contributed by atoms with Crippen molar-refractivity contribution in [2.75, 3.05) is 20.6 Å². The minimum absolute atomic E-state index is 0.0216. The molecule has 1 aromatic carbocycles. The Morgan fingerprint density at radius 3 is 2.68 bits per heavy atom. The first-order valence-corrected chi connectivity index (χ1v) is 9.88. The van der Waals surface area contributed by atoms with Crippen LogP contribution >= 0.6 is 0 Å². The van der Waals surface area contributed by atoms with E-state index in [1.54, 1.807) is 19.0 Å². The van der Waals surface area contributed by atoms with E-state index < -0.39 is 0 Å². The standard InChI is InChI=1S/C21H30N6O/c1-16-12-13-27(25-16)19-11-7-4-8-17(19)14-22-21(23-15-20(28)26(2)3)24-18-9-5-6-10-18/h4,7-8,11-13,18H,5-6,9-10,14-15H2,1-3H3,(H2,22,23,24). The summed E-state index contributed by atoms with van der Waals surface area (Å²) in [7, 11) is 3.51. The Morgan fingerprint density at radius 1 is 1.25 bits per heavy atom. The molecule has 3 rings (SSSR count). The topological polar surface area (TPSA) is 74.6 Å². The summed E-state index contributed by atoms with van der Waals surface area (Å²) in [6.07, 6.45) is 6.73. The quantitative estimate of drug-likeness (QED) is 0.594. The second-order valence-electron chi connectivity index (χ2n) is 7.46. The summed E-state index contributed by atoms with van der Waals surface area (Å²) in [5.74, 6) is 0.710. The maximum atomic E-state index is 12.0. The number of hydrogen-bond acceptors (Lipinski definition) is 3. The van der Waals surface area contributed by atoms with E-state index in [2.05, 4.69) is 21.8 Å². The van der Waals surface area contributed by atoms with E-state index in [-0.39, 0.29) is 12.5 Å². The van der Waals surface area contributed by atoms with Crippen LogP contribution in [0.1, 0.15) is 36.9 Å². The zero-order valence-electron chi connectivity index (χ0n) is 17.0. The van der Waals surface area contributed by atoms with Gasteiger partial charge in [0.1, 0.15) is 0 Å². The van der Waals surface area contributed by atoms with Crippen molar-refractivity contribution in [1.29, 1.82) is 0 Å². The van der Waals surface area contributed by atoms with E-state index in [9.17, 15) is 4.79 Å². The van der Waals surface area contributed by atoms with Crippen molar-refractivity contribution >= 4 is 11.9 Å². The minimum atomic E-state index is 0.0216. The molecule has 0 bridgehead atoms. The van der Waals surface area contributed by atoms with Crippen LogP contribution in [-0.4, -0.2) is 53.2 Å². The summed E-state index contributed by atoms with van der Waals surface area (Å²) in [5.41, 5.74) is 3.08. The Bertz CT molecular complexity index is 820. The summed E-state index contributed by atoms with van der Waals surface area (Å²) < 4.78 is 1.88. The highest BCUT2D eigenvalue weighted by Crippen LogP contribution is 2.18. The molecule has 1 fully saturated rings. The van der Waals surface area contributed by atoms with Gasteiger partial charge in [-0.3, -0.25) is 4.79 Å². The Balaban J connectivity index is 1.75. The monoisotopic (exact) mass is 382 g/mol. The van der Waals surface area contributed by atoms with Gasteiger partial charge < -0.3 is 15.5 Å². The number of rotatable bonds is 6. The number of carbonyl (C=O) groups is 1. The molecular weight excluding hydrogens is 352 g/mol. The predicted molar refractivity (Wildman–Crippen MR) is 112 cm³/mol. The number of likely N-dealkylation sites (N-methyl/N-ethyl adjacent to an activating group) is 1. The number of aryl methyl sites for hydroxylation is 1. The van der Waals surface area contributed by atoms with E-state index in [0.29, 0.717) is 18.5 Å². The van der Waals surface area contributed by atoms with E-state index in [0.717, 1.165) is 29.8 Å². The number of nitrogens with one attached hydrogen (secondary N) is 2. The molecule has 28 heavy (non-hydrogen) atoms. The second kappa shape index (κ2) is 9.39. The Labute approximate surface area is 166 Å². The number of para-hydroxylation sites is 1. The zero-order chi connectivity index (χ0) is 19.9. The number of aliphatic imine (C=N–C) groups is 1. The number of aromatic nitrogens is 2. The molecule has 7 heteroatoms. The first-order valence-electron chi connectivity index (χ1n) is 9.88. The van der Waals surface area contributed by atoms with Crippen molar-refractivity contribution in [1.82, 2.24) is 25.3 Å². The van der Waals surface area contributed by atoms with Crippen molar-refractivity contribution in [2.24, 2.45) is 4.99 Å². The second-order valence-corrected chi connectivity index (χ2v) is 7.46. The van der Waals surface area contributed by atoms with Crippen LogP contribution in [0.2, 0.25) is 0 Å². The summed E-state index contributed by atoms with van der Waals surface area (Å²) in [5, 5.41) is 11.2. The number of amides is 1. The molecule has 150 valence electrons. The molecule has 2 aromatic rings. The normalized spacial score (nSPS) is 14.9. The smallest absolute Gasteiger partial charge is 0.241 e. The molecule has 1 saturated carbocycles. The molecule has 1 amide bonds. The molecule has 1 aliphatic carbocycles. The molecule has 1 aromatic heterocycles. The third kappa shape index (κ3) is 5.34. The van der Waals surface area contributed by atoms with Crippen LogP contribution in [0.5, 0.6) is 0 Å². The van der Waals surface area contributed by atoms with Gasteiger partial charge in [-0.2, -0.15) is 5.10 Å². The van der Waals surface area contributed by atoms with Gasteiger partial charge in [0, 0.05) is 26.3 Å². The number of guanidine groups is 1. The third-order valence-electron chi connectivity index (χ3n) is 4.97. The van der Waals surface area contributed by atoms with Crippen molar-refractivity contribution in [3.8, 4) is 5.69 Å². The summed E-state index contributed by atoms with van der Waals surface area (Å²) in [4.78, 5) is 18.3. The highest BCUT2D eigenvalue weighted by molar-refractivity contribution is 5.86. The van der Waals surface area contributed by atoms with Gasteiger partial charge in [0.15, 0.2) is 5.96 Å². The average molecular weight is 383 g/mol. The maximum Gasteiger partial charge on any atom is 0.241 e. The van der Waals surface area contributed by atoms with E-state index in [4.69, 9.17) is 4.99 Å². The molecule has 0 unspecified atom stereocenters. The number of nitrogens with zero attached hydrogens (tertiary/aromatic N) is 4. The Hall–Kier alpha value is -2.83. The third-order valence-corrected chi connectivity index (χ3v) is 4.97. The van der Waals surface area contributed by atoms with Gasteiger partial charge in [-0.05, 0) is 37.5 Å². The number of benzene rings is 1. The lowest BCUT2D eigenvalue weighted by atomic mass is 10.2. The SMILES string of the molecule is Cc1ccn(-c2ccccc2CN=C(NCC(=O)N(C)C)NC2CCCC2)n1. The first kappa shape index (κ1) is 19.9. The molecule has 0 spiro atoms. The summed E-state index contributed by atoms with van der Waals surface area (Å²) in [6, 6.07) is 10.5. The average Bonchev–Trinajstić information content (AvgIpc) is 3.35. The fraction of sp³-hybridized carbons (Fsp3) is 0.476. The van der Waals surface area contributed by atoms with Gasteiger partial charge >= 0.3 is 0 Å². The van der Waals surface area contributed by atoms with Crippen molar-refractivity contribution in [3.63, 3.8) is 0 Å². The lowest BCUT2D eigenvalue weighted by Gasteiger charge is -2.18.